The molecule has 6 nitrogen and oxygen atoms in total. The van der Waals surface area contributed by atoms with Crippen molar-refractivity contribution in [2.45, 2.75) is 24.9 Å². The standard InChI is InChI=1S/C12H13N3O3S/c1-2-4-10-13-12(15-14-10)19-9(11(16)17)7-8-5-3-6-18-8/h3,5-7H,2,4H2,1H3,(H,16,17)(H,13,14,15)/p-1/b9-7+. The zero-order valence-electron chi connectivity index (χ0n) is 10.3. The van der Waals surface area contributed by atoms with Crippen LogP contribution < -0.4 is 5.11 Å². The molecule has 100 valence electrons. The summed E-state index contributed by atoms with van der Waals surface area (Å²) in [6.07, 6.45) is 4.57. The third-order valence-corrected chi connectivity index (χ3v) is 3.09. The highest BCUT2D eigenvalue weighted by Crippen LogP contribution is 2.25. The summed E-state index contributed by atoms with van der Waals surface area (Å²) in [5.74, 6) is -0.111. The Hall–Kier alpha value is -2.02. The van der Waals surface area contributed by atoms with Gasteiger partial charge in [0, 0.05) is 11.3 Å². The van der Waals surface area contributed by atoms with Crippen molar-refractivity contribution < 1.29 is 14.3 Å². The number of aromatic amines is 1. The Bertz CT molecular complexity index is 575. The quantitative estimate of drug-likeness (QED) is 0.631. The average molecular weight is 278 g/mol. The van der Waals surface area contributed by atoms with E-state index in [9.17, 15) is 9.90 Å². The highest BCUT2D eigenvalue weighted by atomic mass is 32.2. The van der Waals surface area contributed by atoms with Crippen molar-refractivity contribution >= 4 is 23.8 Å². The lowest BCUT2D eigenvalue weighted by Gasteiger charge is -2.04. The Kier molecular flexibility index (Phi) is 4.40. The Morgan fingerprint density at radius 2 is 2.47 bits per heavy atom. The highest BCUT2D eigenvalue weighted by molar-refractivity contribution is 8.04. The molecule has 0 saturated heterocycles. The van der Waals surface area contributed by atoms with E-state index in [1.54, 1.807) is 12.1 Å². The fourth-order valence-corrected chi connectivity index (χ4v) is 2.11. The van der Waals surface area contributed by atoms with Gasteiger partial charge < -0.3 is 14.3 Å². The van der Waals surface area contributed by atoms with E-state index in [4.69, 9.17) is 4.42 Å². The Morgan fingerprint density at radius 3 is 3.11 bits per heavy atom. The zero-order valence-corrected chi connectivity index (χ0v) is 11.1. The summed E-state index contributed by atoms with van der Waals surface area (Å²) in [6.45, 7) is 2.03. The minimum Gasteiger partial charge on any atom is -0.544 e. The smallest absolute Gasteiger partial charge is 0.213 e. The first-order valence-electron chi connectivity index (χ1n) is 5.74. The molecule has 0 atom stereocenters. The number of aliphatic carboxylic acids is 1. The number of carboxylic acids is 1. The summed E-state index contributed by atoms with van der Waals surface area (Å²) in [5, 5.41) is 18.1. The van der Waals surface area contributed by atoms with Gasteiger partial charge in [-0.05, 0) is 36.4 Å². The van der Waals surface area contributed by atoms with Gasteiger partial charge in [-0.3, -0.25) is 5.10 Å². The molecule has 2 aromatic heterocycles. The minimum atomic E-state index is -1.29. The van der Waals surface area contributed by atoms with Crippen LogP contribution >= 0.6 is 11.8 Å². The summed E-state index contributed by atoms with van der Waals surface area (Å²) >= 11 is 0.927. The molecule has 0 aromatic carbocycles. The summed E-state index contributed by atoms with van der Waals surface area (Å²) in [4.78, 5) is 15.2. The van der Waals surface area contributed by atoms with Crippen molar-refractivity contribution in [1.82, 2.24) is 15.2 Å². The summed E-state index contributed by atoms with van der Waals surface area (Å²) in [6, 6.07) is 3.33. The van der Waals surface area contributed by atoms with Gasteiger partial charge in [0.05, 0.1) is 12.2 Å². The molecule has 1 N–H and O–H groups in total. The largest absolute Gasteiger partial charge is 0.544 e. The molecule has 2 heterocycles. The van der Waals surface area contributed by atoms with Crippen LogP contribution in [0.1, 0.15) is 24.9 Å². The van der Waals surface area contributed by atoms with Gasteiger partial charge >= 0.3 is 0 Å². The molecule has 0 bridgehead atoms. The Balaban J connectivity index is 2.14. The van der Waals surface area contributed by atoms with Crippen LogP contribution in [0.15, 0.2) is 32.9 Å². The van der Waals surface area contributed by atoms with Crippen LogP contribution in [0, 0.1) is 0 Å². The number of H-pyrrole nitrogens is 1. The van der Waals surface area contributed by atoms with E-state index >= 15 is 0 Å². The second kappa shape index (κ2) is 6.24. The first-order valence-corrected chi connectivity index (χ1v) is 6.56. The van der Waals surface area contributed by atoms with Crippen molar-refractivity contribution in [3.8, 4) is 0 Å². The molecule has 7 heteroatoms. The van der Waals surface area contributed by atoms with Crippen molar-refractivity contribution in [3.05, 3.63) is 34.9 Å². The monoisotopic (exact) mass is 278 g/mol. The highest BCUT2D eigenvalue weighted by Gasteiger charge is 2.09. The van der Waals surface area contributed by atoms with Crippen molar-refractivity contribution in [2.75, 3.05) is 0 Å². The first kappa shape index (κ1) is 13.4. The molecule has 19 heavy (non-hydrogen) atoms. The maximum atomic E-state index is 11.1. The molecule has 0 spiro atoms. The molecule has 0 radical (unpaired) electrons. The third kappa shape index (κ3) is 3.72. The number of aryl methyl sites for hydroxylation is 1. The van der Waals surface area contributed by atoms with E-state index in [0.717, 1.165) is 30.4 Å². The first-order chi connectivity index (χ1) is 9.19. The van der Waals surface area contributed by atoms with Gasteiger partial charge in [0.2, 0.25) is 5.16 Å². The summed E-state index contributed by atoms with van der Waals surface area (Å²) < 4.78 is 5.07. The molecule has 0 saturated carbocycles. The fraction of sp³-hybridized carbons (Fsp3) is 0.250. The summed E-state index contributed by atoms with van der Waals surface area (Å²) in [5.41, 5.74) is 0. The molecule has 0 aliphatic rings. The van der Waals surface area contributed by atoms with Gasteiger partial charge in [0.1, 0.15) is 11.6 Å². The number of thioether (sulfide) groups is 1. The van der Waals surface area contributed by atoms with Crippen LogP contribution in [-0.4, -0.2) is 21.2 Å². The van der Waals surface area contributed by atoms with Crippen LogP contribution in [-0.2, 0) is 11.2 Å². The van der Waals surface area contributed by atoms with E-state index in [0.29, 0.717) is 10.9 Å². The van der Waals surface area contributed by atoms with E-state index in [2.05, 4.69) is 15.2 Å². The number of carbonyl (C=O) groups excluding carboxylic acids is 1. The Labute approximate surface area is 113 Å². The van der Waals surface area contributed by atoms with Crippen LogP contribution in [0.5, 0.6) is 0 Å². The second-order valence-corrected chi connectivity index (χ2v) is 4.74. The molecule has 0 aliphatic heterocycles. The lowest BCUT2D eigenvalue weighted by atomic mass is 10.3. The fourth-order valence-electron chi connectivity index (χ4n) is 1.40. The normalized spacial score (nSPS) is 11.7. The molecule has 2 aromatic rings. The number of furan rings is 1. The van der Waals surface area contributed by atoms with Crippen LogP contribution in [0.2, 0.25) is 0 Å². The lowest BCUT2D eigenvalue weighted by molar-refractivity contribution is -0.298. The number of carboxylic acid groups (broad SMARTS) is 1. The van der Waals surface area contributed by atoms with Crippen molar-refractivity contribution in [3.63, 3.8) is 0 Å². The molecule has 2 rings (SSSR count). The lowest BCUT2D eigenvalue weighted by Crippen LogP contribution is -2.23. The van der Waals surface area contributed by atoms with E-state index in [1.807, 2.05) is 6.92 Å². The molecule has 0 fully saturated rings. The molecule has 0 aliphatic carbocycles. The second-order valence-electron chi connectivity index (χ2n) is 3.73. The van der Waals surface area contributed by atoms with Crippen LogP contribution in [0.4, 0.5) is 0 Å². The van der Waals surface area contributed by atoms with Crippen LogP contribution in [0.3, 0.4) is 0 Å². The minimum absolute atomic E-state index is 0.00278. The molecular formula is C12H12N3O3S-. The number of hydrogen-bond acceptors (Lipinski definition) is 6. The maximum absolute atomic E-state index is 11.1. The van der Waals surface area contributed by atoms with Crippen molar-refractivity contribution in [1.29, 1.82) is 0 Å². The van der Waals surface area contributed by atoms with Crippen molar-refractivity contribution in [2.24, 2.45) is 0 Å². The molecular weight excluding hydrogens is 266 g/mol. The summed E-state index contributed by atoms with van der Waals surface area (Å²) in [7, 11) is 0. The SMILES string of the molecule is CCCc1nc(S/C(=C/c2ccco2)C(=O)[O-])n[nH]1. The van der Waals surface area contributed by atoms with Gasteiger partial charge in [-0.15, -0.1) is 5.10 Å². The predicted molar refractivity (Wildman–Crippen MR) is 67.9 cm³/mol. The number of carbonyl (C=O) groups is 1. The predicted octanol–water partition coefficient (Wildman–Crippen LogP) is 1.23. The number of aromatic nitrogens is 3. The Morgan fingerprint density at radius 1 is 1.63 bits per heavy atom. The van der Waals surface area contributed by atoms with Gasteiger partial charge in [-0.2, -0.15) is 0 Å². The number of nitrogens with one attached hydrogen (secondary N) is 1. The zero-order chi connectivity index (χ0) is 13.7. The maximum Gasteiger partial charge on any atom is 0.213 e. The van der Waals surface area contributed by atoms with Gasteiger partial charge in [0.15, 0.2) is 0 Å². The average Bonchev–Trinajstić information content (AvgIpc) is 3.01. The molecule has 0 amide bonds. The third-order valence-electron chi connectivity index (χ3n) is 2.22. The van der Waals surface area contributed by atoms with Gasteiger partial charge in [-0.1, -0.05) is 6.92 Å². The topological polar surface area (TPSA) is 94.8 Å². The number of rotatable bonds is 6. The van der Waals surface area contributed by atoms with Gasteiger partial charge in [-0.25, -0.2) is 4.98 Å². The van der Waals surface area contributed by atoms with E-state index < -0.39 is 5.97 Å². The molecule has 0 unspecified atom stereocenters. The van der Waals surface area contributed by atoms with Gasteiger partial charge in [0.25, 0.3) is 0 Å². The van der Waals surface area contributed by atoms with E-state index in [-0.39, 0.29) is 4.91 Å². The van der Waals surface area contributed by atoms with Crippen LogP contribution in [0.25, 0.3) is 6.08 Å². The number of hydrogen-bond donors (Lipinski definition) is 1. The van der Waals surface area contributed by atoms with E-state index in [1.165, 1.54) is 12.3 Å². The number of nitrogens with zero attached hydrogens (tertiary/aromatic N) is 2.